The Balaban J connectivity index is 1.61. The van der Waals surface area contributed by atoms with Crippen LogP contribution in [0.15, 0.2) is 76.6 Å². The van der Waals surface area contributed by atoms with E-state index in [1.165, 1.54) is 36.4 Å². The van der Waals surface area contributed by atoms with Crippen molar-refractivity contribution in [1.82, 2.24) is 4.57 Å². The van der Waals surface area contributed by atoms with Gasteiger partial charge in [0.25, 0.3) is 21.6 Å². The number of nitro groups is 1. The van der Waals surface area contributed by atoms with E-state index in [0.717, 1.165) is 35.6 Å². The van der Waals surface area contributed by atoms with Crippen molar-refractivity contribution in [2.24, 2.45) is 4.99 Å². The molecule has 0 saturated carbocycles. The van der Waals surface area contributed by atoms with E-state index in [4.69, 9.17) is 4.74 Å². The van der Waals surface area contributed by atoms with Crippen LogP contribution >= 0.6 is 11.3 Å². The topological polar surface area (TPSA) is 133 Å². The molecular formula is C24H21FN4O6S2. The predicted octanol–water partition coefficient (Wildman–Crippen LogP) is 4.33. The summed E-state index contributed by atoms with van der Waals surface area (Å²) in [6, 6.07) is 14.5. The van der Waals surface area contributed by atoms with E-state index in [-0.39, 0.29) is 21.8 Å². The number of amides is 1. The van der Waals surface area contributed by atoms with E-state index < -0.39 is 26.7 Å². The largest absolute Gasteiger partial charge is 0.380 e. The van der Waals surface area contributed by atoms with E-state index in [9.17, 15) is 27.7 Å². The number of sulfonamides is 1. The molecule has 0 atom stereocenters. The summed E-state index contributed by atoms with van der Waals surface area (Å²) in [4.78, 5) is 28.1. The van der Waals surface area contributed by atoms with Gasteiger partial charge in [0.1, 0.15) is 5.82 Å². The van der Waals surface area contributed by atoms with E-state index in [1.54, 1.807) is 10.6 Å². The normalized spacial score (nSPS) is 12.1. The summed E-state index contributed by atoms with van der Waals surface area (Å²) >= 11 is 1.14. The number of nitro benzene ring substituents is 1. The summed E-state index contributed by atoms with van der Waals surface area (Å²) < 4.78 is 48.3. The van der Waals surface area contributed by atoms with E-state index in [2.05, 4.69) is 9.71 Å². The molecule has 0 aliphatic carbocycles. The number of carbonyl (C=O) groups excluding carboxylic acids is 1. The second-order valence-electron chi connectivity index (χ2n) is 7.70. The molecule has 0 aliphatic heterocycles. The second-order valence-corrected chi connectivity index (χ2v) is 10.4. The summed E-state index contributed by atoms with van der Waals surface area (Å²) in [7, 11) is -3.94. The number of ether oxygens (including phenoxy) is 1. The third kappa shape index (κ3) is 6.07. The Morgan fingerprint density at radius 1 is 1.14 bits per heavy atom. The molecule has 10 nitrogen and oxygen atoms in total. The third-order valence-corrected chi connectivity index (χ3v) is 7.68. The molecule has 13 heteroatoms. The van der Waals surface area contributed by atoms with Gasteiger partial charge in [-0.3, -0.25) is 19.6 Å². The molecule has 0 radical (unpaired) electrons. The van der Waals surface area contributed by atoms with Crippen LogP contribution in [0.3, 0.4) is 0 Å². The number of non-ortho nitro benzene ring substituents is 1. The van der Waals surface area contributed by atoms with E-state index >= 15 is 0 Å². The van der Waals surface area contributed by atoms with Crippen LogP contribution < -0.4 is 9.52 Å². The number of anilines is 1. The number of halogens is 1. The summed E-state index contributed by atoms with van der Waals surface area (Å²) in [6.07, 6.45) is 0. The number of benzene rings is 3. The number of nitrogens with zero attached hydrogens (tertiary/aromatic N) is 3. The van der Waals surface area contributed by atoms with Gasteiger partial charge in [0, 0.05) is 36.5 Å². The smallest absolute Gasteiger partial charge is 0.279 e. The zero-order valence-corrected chi connectivity index (χ0v) is 21.1. The van der Waals surface area contributed by atoms with E-state index in [0.29, 0.717) is 34.8 Å². The minimum absolute atomic E-state index is 0.0673. The fourth-order valence-corrected chi connectivity index (χ4v) is 5.58. The zero-order chi connectivity index (χ0) is 26.6. The van der Waals surface area contributed by atoms with Crippen molar-refractivity contribution >= 4 is 48.9 Å². The number of hydrogen-bond donors (Lipinski definition) is 1. The standard InChI is InChI=1S/C24H21FN4O6S2/c1-2-35-14-13-28-21-12-9-19(29(31)32)15-22(21)36-24(28)26-23(30)16-3-7-18(8-4-16)27-37(33,34)20-10-5-17(25)6-11-20/h3-12,15,27H,2,13-14H2,1H3. The molecule has 0 unspecified atom stereocenters. The van der Waals surface area contributed by atoms with Gasteiger partial charge in [0.2, 0.25) is 0 Å². The van der Waals surface area contributed by atoms with Crippen LogP contribution in [0.4, 0.5) is 15.8 Å². The molecule has 4 rings (SSSR count). The number of carbonyl (C=O) groups is 1. The quantitative estimate of drug-likeness (QED) is 0.189. The van der Waals surface area contributed by atoms with Gasteiger partial charge in [-0.1, -0.05) is 11.3 Å². The number of hydrogen-bond acceptors (Lipinski definition) is 7. The average molecular weight is 545 g/mol. The summed E-state index contributed by atoms with van der Waals surface area (Å²) in [5, 5.41) is 11.2. The summed E-state index contributed by atoms with van der Waals surface area (Å²) in [5.41, 5.74) is 1.04. The Morgan fingerprint density at radius 3 is 2.49 bits per heavy atom. The minimum atomic E-state index is -3.94. The first-order valence-corrected chi connectivity index (χ1v) is 13.3. The van der Waals surface area contributed by atoms with Crippen LogP contribution in [0.25, 0.3) is 10.2 Å². The van der Waals surface area contributed by atoms with Crippen molar-refractivity contribution in [2.45, 2.75) is 18.4 Å². The number of thiazole rings is 1. The van der Waals surface area contributed by atoms with Crippen LogP contribution in [0.5, 0.6) is 0 Å². The lowest BCUT2D eigenvalue weighted by atomic mass is 10.2. The molecule has 0 spiro atoms. The highest BCUT2D eigenvalue weighted by Crippen LogP contribution is 2.23. The molecule has 0 aliphatic rings. The first-order valence-electron chi connectivity index (χ1n) is 11.0. The van der Waals surface area contributed by atoms with Gasteiger partial charge in [0.05, 0.1) is 26.6 Å². The average Bonchev–Trinajstić information content (AvgIpc) is 3.20. The zero-order valence-electron chi connectivity index (χ0n) is 19.5. The fourth-order valence-electron chi connectivity index (χ4n) is 3.44. The van der Waals surface area contributed by atoms with Gasteiger partial charge in [-0.2, -0.15) is 4.99 Å². The third-order valence-electron chi connectivity index (χ3n) is 5.25. The molecule has 0 saturated heterocycles. The lowest BCUT2D eigenvalue weighted by molar-refractivity contribution is -0.384. The molecule has 0 bridgehead atoms. The van der Waals surface area contributed by atoms with Crippen LogP contribution in [0.1, 0.15) is 17.3 Å². The molecule has 192 valence electrons. The fraction of sp³-hybridized carbons (Fsp3) is 0.167. The highest BCUT2D eigenvalue weighted by Gasteiger charge is 2.16. The molecule has 1 N–H and O–H groups in total. The highest BCUT2D eigenvalue weighted by molar-refractivity contribution is 7.92. The molecule has 4 aromatic rings. The molecular weight excluding hydrogens is 523 g/mol. The maximum absolute atomic E-state index is 13.1. The maximum Gasteiger partial charge on any atom is 0.279 e. The number of nitrogens with one attached hydrogen (secondary N) is 1. The predicted molar refractivity (Wildman–Crippen MR) is 137 cm³/mol. The van der Waals surface area contributed by atoms with Crippen molar-refractivity contribution in [3.05, 3.63) is 93.0 Å². The number of rotatable bonds is 9. The first-order chi connectivity index (χ1) is 17.7. The van der Waals surface area contributed by atoms with Crippen molar-refractivity contribution in [3.63, 3.8) is 0 Å². The molecule has 0 fully saturated rings. The molecule has 1 amide bonds. The Kier molecular flexibility index (Phi) is 7.76. The van der Waals surface area contributed by atoms with Gasteiger partial charge < -0.3 is 9.30 Å². The molecule has 1 aromatic heterocycles. The SMILES string of the molecule is CCOCCn1c(=NC(=O)c2ccc(NS(=O)(=O)c3ccc(F)cc3)cc2)sc2cc([N+](=O)[O-])ccc21. The Bertz CT molecular complexity index is 1630. The van der Waals surface area contributed by atoms with Crippen molar-refractivity contribution in [2.75, 3.05) is 17.9 Å². The van der Waals surface area contributed by atoms with E-state index in [1.807, 2.05) is 6.92 Å². The molecule has 37 heavy (non-hydrogen) atoms. The van der Waals surface area contributed by atoms with Gasteiger partial charge in [-0.25, -0.2) is 12.8 Å². The maximum atomic E-state index is 13.1. The van der Waals surface area contributed by atoms with Crippen LogP contribution in [-0.2, 0) is 21.3 Å². The number of fused-ring (bicyclic) bond motifs is 1. The van der Waals surface area contributed by atoms with Gasteiger partial charge in [-0.15, -0.1) is 0 Å². The van der Waals surface area contributed by atoms with Crippen LogP contribution in [-0.4, -0.2) is 37.0 Å². The van der Waals surface area contributed by atoms with Gasteiger partial charge in [-0.05, 0) is 61.5 Å². The van der Waals surface area contributed by atoms with Gasteiger partial charge in [0.15, 0.2) is 4.80 Å². The van der Waals surface area contributed by atoms with Crippen molar-refractivity contribution < 1.29 is 27.3 Å². The van der Waals surface area contributed by atoms with Crippen LogP contribution in [0, 0.1) is 15.9 Å². The minimum Gasteiger partial charge on any atom is -0.380 e. The summed E-state index contributed by atoms with van der Waals surface area (Å²) in [6.45, 7) is 3.13. The molecule has 1 heterocycles. The Hall–Kier alpha value is -3.94. The first kappa shape index (κ1) is 26.1. The summed E-state index contributed by atoms with van der Waals surface area (Å²) in [5.74, 6) is -1.12. The highest BCUT2D eigenvalue weighted by atomic mass is 32.2. The second kappa shape index (κ2) is 11.0. The van der Waals surface area contributed by atoms with Crippen LogP contribution in [0.2, 0.25) is 0 Å². The lowest BCUT2D eigenvalue weighted by Crippen LogP contribution is -2.19. The monoisotopic (exact) mass is 544 g/mol. The van der Waals surface area contributed by atoms with Gasteiger partial charge >= 0.3 is 0 Å². The van der Waals surface area contributed by atoms with Crippen molar-refractivity contribution in [3.8, 4) is 0 Å². The number of aromatic nitrogens is 1. The van der Waals surface area contributed by atoms with Crippen molar-refractivity contribution in [1.29, 1.82) is 0 Å². The Labute approximate surface area is 214 Å². The lowest BCUT2D eigenvalue weighted by Gasteiger charge is -2.08. The molecule has 3 aromatic carbocycles. The Morgan fingerprint density at radius 2 is 1.84 bits per heavy atom.